The standard InChI is InChI=1S/C14H22O4Si/c1-5-16-19(4,17-6-2)12(3)14(15)18-13-10-8-7-9-11-13/h7-12H,5-6H2,1-4H3. The van der Waals surface area contributed by atoms with Crippen LogP contribution >= 0.6 is 0 Å². The summed E-state index contributed by atoms with van der Waals surface area (Å²) in [7, 11) is -2.54. The summed E-state index contributed by atoms with van der Waals surface area (Å²) < 4.78 is 16.8. The highest BCUT2D eigenvalue weighted by atomic mass is 28.4. The molecule has 0 aliphatic heterocycles. The molecule has 0 fully saturated rings. The Morgan fingerprint density at radius 1 is 1.16 bits per heavy atom. The molecule has 19 heavy (non-hydrogen) atoms. The first-order valence-electron chi connectivity index (χ1n) is 6.58. The van der Waals surface area contributed by atoms with Crippen LogP contribution in [0.15, 0.2) is 30.3 Å². The Labute approximate surface area is 115 Å². The van der Waals surface area contributed by atoms with Gasteiger partial charge in [0.1, 0.15) is 5.75 Å². The maximum Gasteiger partial charge on any atom is 0.349 e. The van der Waals surface area contributed by atoms with Crippen LogP contribution in [0.4, 0.5) is 0 Å². The van der Waals surface area contributed by atoms with E-state index in [9.17, 15) is 4.79 Å². The van der Waals surface area contributed by atoms with Gasteiger partial charge in [0, 0.05) is 13.2 Å². The molecule has 0 radical (unpaired) electrons. The minimum absolute atomic E-state index is 0.303. The Morgan fingerprint density at radius 2 is 1.68 bits per heavy atom. The highest BCUT2D eigenvalue weighted by Crippen LogP contribution is 2.26. The molecule has 1 unspecified atom stereocenters. The average molecular weight is 282 g/mol. The molecular weight excluding hydrogens is 260 g/mol. The van der Waals surface area contributed by atoms with Gasteiger partial charge in [-0.1, -0.05) is 18.2 Å². The number of hydrogen-bond donors (Lipinski definition) is 0. The molecule has 1 rings (SSSR count). The van der Waals surface area contributed by atoms with Gasteiger partial charge in [-0.25, -0.2) is 0 Å². The van der Waals surface area contributed by atoms with E-state index in [1.807, 2.05) is 45.5 Å². The second-order valence-electron chi connectivity index (χ2n) is 4.34. The molecule has 1 atom stereocenters. The number of rotatable bonds is 7. The van der Waals surface area contributed by atoms with E-state index < -0.39 is 8.56 Å². The first-order chi connectivity index (χ1) is 9.03. The zero-order chi connectivity index (χ0) is 14.3. The third kappa shape index (κ3) is 4.45. The molecule has 0 saturated heterocycles. The Kier molecular flexibility index (Phi) is 6.21. The second kappa shape index (κ2) is 7.42. The van der Waals surface area contributed by atoms with E-state index in [0.29, 0.717) is 19.0 Å². The first-order valence-corrected chi connectivity index (χ1v) is 8.97. The van der Waals surface area contributed by atoms with Gasteiger partial charge in [0.15, 0.2) is 0 Å². The van der Waals surface area contributed by atoms with Crippen LogP contribution in [0.5, 0.6) is 5.75 Å². The molecule has 5 heteroatoms. The van der Waals surface area contributed by atoms with Crippen molar-refractivity contribution in [3.63, 3.8) is 0 Å². The molecule has 0 aliphatic rings. The number of benzene rings is 1. The largest absolute Gasteiger partial charge is 0.426 e. The average Bonchev–Trinajstić information content (AvgIpc) is 2.39. The van der Waals surface area contributed by atoms with Gasteiger partial charge in [-0.15, -0.1) is 0 Å². The van der Waals surface area contributed by atoms with Crippen LogP contribution < -0.4 is 4.74 Å². The van der Waals surface area contributed by atoms with E-state index in [1.165, 1.54) is 0 Å². The zero-order valence-corrected chi connectivity index (χ0v) is 13.0. The van der Waals surface area contributed by atoms with Crippen LogP contribution in [0, 0.1) is 0 Å². The summed E-state index contributed by atoms with van der Waals surface area (Å²) in [4.78, 5) is 12.2. The predicted molar refractivity (Wildman–Crippen MR) is 76.4 cm³/mol. The van der Waals surface area contributed by atoms with Gasteiger partial charge in [0.05, 0.1) is 5.54 Å². The topological polar surface area (TPSA) is 44.8 Å². The van der Waals surface area contributed by atoms with Crippen LogP contribution in [0.25, 0.3) is 0 Å². The Hall–Kier alpha value is -1.17. The van der Waals surface area contributed by atoms with Crippen molar-refractivity contribution < 1.29 is 18.4 Å². The monoisotopic (exact) mass is 282 g/mol. The minimum atomic E-state index is -2.54. The molecule has 1 aromatic rings. The SMILES string of the molecule is CCO[Si](C)(OCC)C(C)C(=O)Oc1ccccc1. The number of esters is 1. The molecule has 0 aromatic heterocycles. The van der Waals surface area contributed by atoms with Crippen molar-refractivity contribution >= 4 is 14.5 Å². The summed E-state index contributed by atoms with van der Waals surface area (Å²) in [5.41, 5.74) is -0.382. The van der Waals surface area contributed by atoms with E-state index in [4.69, 9.17) is 13.6 Å². The van der Waals surface area contributed by atoms with E-state index in [0.717, 1.165) is 0 Å². The van der Waals surface area contributed by atoms with Crippen LogP contribution in [-0.4, -0.2) is 27.7 Å². The van der Waals surface area contributed by atoms with Crippen molar-refractivity contribution in [1.82, 2.24) is 0 Å². The molecule has 0 heterocycles. The van der Waals surface area contributed by atoms with Crippen LogP contribution in [0.2, 0.25) is 12.1 Å². The first kappa shape index (κ1) is 15.9. The summed E-state index contributed by atoms with van der Waals surface area (Å²) in [6, 6.07) is 9.04. The van der Waals surface area contributed by atoms with Gasteiger partial charge >= 0.3 is 14.5 Å². The number of para-hydroxylation sites is 1. The number of carbonyl (C=O) groups is 1. The fourth-order valence-electron chi connectivity index (χ4n) is 1.77. The molecule has 1 aromatic carbocycles. The van der Waals surface area contributed by atoms with Gasteiger partial charge in [0.25, 0.3) is 0 Å². The summed E-state index contributed by atoms with van der Waals surface area (Å²) >= 11 is 0. The van der Waals surface area contributed by atoms with Crippen LogP contribution in [-0.2, 0) is 13.6 Å². The molecule has 0 N–H and O–H groups in total. The van der Waals surface area contributed by atoms with Crippen molar-refractivity contribution in [2.75, 3.05) is 13.2 Å². The van der Waals surface area contributed by atoms with Crippen LogP contribution in [0.3, 0.4) is 0 Å². The fourth-order valence-corrected chi connectivity index (χ4v) is 3.99. The fraction of sp³-hybridized carbons (Fsp3) is 0.500. The van der Waals surface area contributed by atoms with Crippen molar-refractivity contribution in [3.8, 4) is 5.75 Å². The molecular formula is C14H22O4Si. The molecule has 106 valence electrons. The maximum absolute atomic E-state index is 12.2. The van der Waals surface area contributed by atoms with Crippen molar-refractivity contribution in [1.29, 1.82) is 0 Å². The highest BCUT2D eigenvalue weighted by molar-refractivity contribution is 6.71. The van der Waals surface area contributed by atoms with Gasteiger partial charge in [0.2, 0.25) is 0 Å². The van der Waals surface area contributed by atoms with Crippen molar-refractivity contribution in [3.05, 3.63) is 30.3 Å². The summed E-state index contributed by atoms with van der Waals surface area (Å²) in [6.45, 7) is 8.58. The lowest BCUT2D eigenvalue weighted by atomic mass is 10.3. The van der Waals surface area contributed by atoms with Gasteiger partial charge in [-0.05, 0) is 39.5 Å². The van der Waals surface area contributed by atoms with Gasteiger partial charge in [-0.2, -0.15) is 0 Å². The lowest BCUT2D eigenvalue weighted by Gasteiger charge is -2.30. The third-order valence-corrected chi connectivity index (χ3v) is 6.50. The summed E-state index contributed by atoms with van der Waals surface area (Å²) in [5.74, 6) is 0.242. The van der Waals surface area contributed by atoms with E-state index in [1.54, 1.807) is 12.1 Å². The molecule has 0 amide bonds. The molecule has 0 aliphatic carbocycles. The maximum atomic E-state index is 12.2. The molecule has 0 bridgehead atoms. The van der Waals surface area contributed by atoms with Gasteiger partial charge < -0.3 is 13.6 Å². The molecule has 0 spiro atoms. The Balaban J connectivity index is 2.73. The lowest BCUT2D eigenvalue weighted by molar-refractivity contribution is -0.134. The minimum Gasteiger partial charge on any atom is -0.426 e. The molecule has 4 nitrogen and oxygen atoms in total. The van der Waals surface area contributed by atoms with Crippen molar-refractivity contribution in [2.45, 2.75) is 32.9 Å². The number of carbonyl (C=O) groups excluding carboxylic acids is 1. The quantitative estimate of drug-likeness (QED) is 0.438. The van der Waals surface area contributed by atoms with E-state index >= 15 is 0 Å². The summed E-state index contributed by atoms with van der Waals surface area (Å²) in [5, 5.41) is 0. The normalized spacial score (nSPS) is 13.1. The van der Waals surface area contributed by atoms with E-state index in [2.05, 4.69) is 0 Å². The lowest BCUT2D eigenvalue weighted by Crippen LogP contribution is -2.46. The van der Waals surface area contributed by atoms with E-state index in [-0.39, 0.29) is 11.5 Å². The molecule has 0 saturated carbocycles. The van der Waals surface area contributed by atoms with Crippen LogP contribution in [0.1, 0.15) is 20.8 Å². The van der Waals surface area contributed by atoms with Gasteiger partial charge in [-0.3, -0.25) is 4.79 Å². The Morgan fingerprint density at radius 3 is 2.16 bits per heavy atom. The Bertz CT molecular complexity index is 388. The highest BCUT2D eigenvalue weighted by Gasteiger charge is 2.43. The number of hydrogen-bond acceptors (Lipinski definition) is 4. The zero-order valence-electron chi connectivity index (χ0n) is 12.0. The third-order valence-electron chi connectivity index (χ3n) is 2.96. The smallest absolute Gasteiger partial charge is 0.349 e. The van der Waals surface area contributed by atoms with Crippen molar-refractivity contribution in [2.24, 2.45) is 0 Å². The summed E-state index contributed by atoms with van der Waals surface area (Å²) in [6.07, 6.45) is 0. The predicted octanol–water partition coefficient (Wildman–Crippen LogP) is 3.13. The second-order valence-corrected chi connectivity index (χ2v) is 7.81. The number of ether oxygens (including phenoxy) is 1.